The first kappa shape index (κ1) is 16.5. The van der Waals surface area contributed by atoms with Crippen molar-refractivity contribution in [2.75, 3.05) is 19.6 Å². The minimum Gasteiger partial charge on any atom is -0.486 e. The number of nitrogens with zero attached hydrogens (tertiary/aromatic N) is 1. The number of hydrogen-bond donors (Lipinski definition) is 1. The molecule has 1 aliphatic rings. The molecule has 1 aromatic rings. The van der Waals surface area contributed by atoms with E-state index < -0.39 is 30.0 Å². The fourth-order valence-corrected chi connectivity index (χ4v) is 2.28. The van der Waals surface area contributed by atoms with E-state index >= 15 is 0 Å². The molecule has 0 bridgehead atoms. The molecule has 1 aliphatic heterocycles. The van der Waals surface area contributed by atoms with E-state index in [1.54, 1.807) is 13.0 Å². The number of para-hydroxylation sites is 1. The Kier molecular flexibility index (Phi) is 4.90. The molecule has 2 atom stereocenters. The van der Waals surface area contributed by atoms with Crippen LogP contribution in [0, 0.1) is 5.82 Å². The molecule has 122 valence electrons. The molecule has 1 N–H and O–H groups in total. The Bertz CT molecular complexity index is 536. The number of amides is 1. The van der Waals surface area contributed by atoms with Gasteiger partial charge in [0, 0.05) is 19.6 Å². The summed E-state index contributed by atoms with van der Waals surface area (Å²) in [7, 11) is 0. The lowest BCUT2D eigenvalue weighted by atomic mass is 10.1. The van der Waals surface area contributed by atoms with E-state index in [0.717, 1.165) is 4.90 Å². The second-order valence-electron chi connectivity index (χ2n) is 5.06. The third kappa shape index (κ3) is 3.88. The molecule has 8 heteroatoms. The highest BCUT2D eigenvalue weighted by atomic mass is 19.4. The highest BCUT2D eigenvalue weighted by Gasteiger charge is 2.44. The van der Waals surface area contributed by atoms with Crippen LogP contribution in [0.4, 0.5) is 17.6 Å². The summed E-state index contributed by atoms with van der Waals surface area (Å²) < 4.78 is 56.4. The summed E-state index contributed by atoms with van der Waals surface area (Å²) >= 11 is 0. The van der Waals surface area contributed by atoms with Gasteiger partial charge in [-0.25, -0.2) is 4.39 Å². The summed E-state index contributed by atoms with van der Waals surface area (Å²) in [5, 5.41) is 2.99. The molecule has 2 rings (SSSR count). The van der Waals surface area contributed by atoms with Gasteiger partial charge in [0.15, 0.2) is 11.6 Å². The van der Waals surface area contributed by atoms with Crippen LogP contribution in [0.1, 0.15) is 6.92 Å². The van der Waals surface area contributed by atoms with E-state index in [2.05, 4.69) is 5.32 Å². The highest BCUT2D eigenvalue weighted by molar-refractivity contribution is 5.82. The van der Waals surface area contributed by atoms with Crippen molar-refractivity contribution in [1.82, 2.24) is 10.2 Å². The molecule has 2 unspecified atom stereocenters. The second-order valence-corrected chi connectivity index (χ2v) is 5.06. The molecule has 1 aromatic carbocycles. The number of rotatable bonds is 3. The van der Waals surface area contributed by atoms with Crippen LogP contribution in [0.5, 0.6) is 5.75 Å². The minimum atomic E-state index is -4.89. The average Bonchev–Trinajstić information content (AvgIpc) is 2.48. The fourth-order valence-electron chi connectivity index (χ4n) is 2.28. The van der Waals surface area contributed by atoms with Crippen molar-refractivity contribution in [1.29, 1.82) is 0 Å². The van der Waals surface area contributed by atoms with Crippen LogP contribution >= 0.6 is 0 Å². The fraction of sp³-hybridized carbons (Fsp3) is 0.500. The van der Waals surface area contributed by atoms with Gasteiger partial charge < -0.3 is 15.0 Å². The quantitative estimate of drug-likeness (QED) is 0.866. The van der Waals surface area contributed by atoms with Gasteiger partial charge in [-0.15, -0.1) is 0 Å². The van der Waals surface area contributed by atoms with E-state index in [1.165, 1.54) is 18.2 Å². The van der Waals surface area contributed by atoms with Gasteiger partial charge in [0.05, 0.1) is 6.04 Å². The van der Waals surface area contributed by atoms with Crippen LogP contribution in [0.3, 0.4) is 0 Å². The smallest absolute Gasteiger partial charge is 0.471 e. The molecule has 1 fully saturated rings. The lowest BCUT2D eigenvalue weighted by Crippen LogP contribution is -2.59. The topological polar surface area (TPSA) is 41.6 Å². The third-order valence-corrected chi connectivity index (χ3v) is 3.45. The van der Waals surface area contributed by atoms with Gasteiger partial charge in [-0.05, 0) is 19.1 Å². The molecule has 0 saturated carbocycles. The molecular weight excluding hydrogens is 304 g/mol. The molecular formula is C14H16F4N2O2. The molecule has 22 heavy (non-hydrogen) atoms. The van der Waals surface area contributed by atoms with E-state index in [4.69, 9.17) is 4.74 Å². The van der Waals surface area contributed by atoms with Crippen molar-refractivity contribution in [2.45, 2.75) is 25.2 Å². The Morgan fingerprint density at radius 3 is 2.73 bits per heavy atom. The zero-order chi connectivity index (χ0) is 16.3. The Morgan fingerprint density at radius 1 is 1.41 bits per heavy atom. The summed E-state index contributed by atoms with van der Waals surface area (Å²) in [6.07, 6.45) is -5.49. The Morgan fingerprint density at radius 2 is 2.09 bits per heavy atom. The third-order valence-electron chi connectivity index (χ3n) is 3.45. The predicted octanol–water partition coefficient (Wildman–Crippen LogP) is 1.96. The van der Waals surface area contributed by atoms with Crippen LogP contribution in [0.2, 0.25) is 0 Å². The van der Waals surface area contributed by atoms with Crippen LogP contribution in [-0.2, 0) is 4.79 Å². The largest absolute Gasteiger partial charge is 0.486 e. The number of carbonyl (C=O) groups excluding carboxylic acids is 1. The monoisotopic (exact) mass is 320 g/mol. The molecule has 1 amide bonds. The van der Waals surface area contributed by atoms with Gasteiger partial charge in [-0.2, -0.15) is 13.2 Å². The number of alkyl halides is 3. The van der Waals surface area contributed by atoms with E-state index in [1.807, 2.05) is 0 Å². The molecule has 1 heterocycles. The predicted molar refractivity (Wildman–Crippen MR) is 70.9 cm³/mol. The molecule has 0 spiro atoms. The Balaban J connectivity index is 2.00. The standard InChI is InChI=1S/C14H16F4N2O2/c1-9(22-12-5-3-2-4-10(12)15)11-8-20(7-6-19-11)13(21)14(16,17)18/h2-5,9,11,19H,6-8H2,1H3. The second kappa shape index (κ2) is 6.51. The van der Waals surface area contributed by atoms with Crippen molar-refractivity contribution < 1.29 is 27.1 Å². The van der Waals surface area contributed by atoms with Crippen molar-refractivity contribution in [3.8, 4) is 5.75 Å². The lowest BCUT2D eigenvalue weighted by Gasteiger charge is -2.36. The SMILES string of the molecule is CC(Oc1ccccc1F)C1CN(C(=O)C(F)(F)F)CCN1. The van der Waals surface area contributed by atoms with Crippen molar-refractivity contribution >= 4 is 5.91 Å². The molecule has 0 aromatic heterocycles. The first-order valence-corrected chi connectivity index (χ1v) is 6.79. The van der Waals surface area contributed by atoms with E-state index in [9.17, 15) is 22.4 Å². The zero-order valence-electron chi connectivity index (χ0n) is 11.9. The Labute approximate surface area is 125 Å². The number of hydrogen-bond acceptors (Lipinski definition) is 3. The van der Waals surface area contributed by atoms with Gasteiger partial charge in [-0.3, -0.25) is 4.79 Å². The lowest BCUT2D eigenvalue weighted by molar-refractivity contribution is -0.186. The van der Waals surface area contributed by atoms with E-state index in [-0.39, 0.29) is 25.4 Å². The number of carbonyl (C=O) groups is 1. The average molecular weight is 320 g/mol. The normalized spacial score (nSPS) is 20.6. The van der Waals surface area contributed by atoms with Gasteiger partial charge in [0.25, 0.3) is 0 Å². The zero-order valence-corrected chi connectivity index (χ0v) is 11.9. The first-order valence-electron chi connectivity index (χ1n) is 6.79. The summed E-state index contributed by atoms with van der Waals surface area (Å²) in [6, 6.07) is 5.26. The number of benzene rings is 1. The maximum atomic E-state index is 13.5. The van der Waals surface area contributed by atoms with Gasteiger partial charge >= 0.3 is 12.1 Å². The summed E-state index contributed by atoms with van der Waals surface area (Å²) in [6.45, 7) is 1.67. The number of ether oxygens (including phenoxy) is 1. The number of piperazine rings is 1. The molecule has 4 nitrogen and oxygen atoms in total. The molecule has 1 saturated heterocycles. The maximum absolute atomic E-state index is 13.5. The van der Waals surface area contributed by atoms with Gasteiger partial charge in [0.2, 0.25) is 0 Å². The van der Waals surface area contributed by atoms with Crippen LogP contribution in [0.25, 0.3) is 0 Å². The summed E-state index contributed by atoms with van der Waals surface area (Å²) in [4.78, 5) is 12.0. The van der Waals surface area contributed by atoms with Crippen LogP contribution in [-0.4, -0.2) is 48.8 Å². The Hall–Kier alpha value is -1.83. The number of halogens is 4. The maximum Gasteiger partial charge on any atom is 0.471 e. The highest BCUT2D eigenvalue weighted by Crippen LogP contribution is 2.22. The summed E-state index contributed by atoms with van der Waals surface area (Å²) in [5.74, 6) is -2.39. The van der Waals surface area contributed by atoms with Crippen molar-refractivity contribution in [3.63, 3.8) is 0 Å². The number of nitrogens with one attached hydrogen (secondary N) is 1. The minimum absolute atomic E-state index is 0.0241. The molecule has 0 aliphatic carbocycles. The van der Waals surface area contributed by atoms with Crippen LogP contribution in [0.15, 0.2) is 24.3 Å². The van der Waals surface area contributed by atoms with Gasteiger partial charge in [0.1, 0.15) is 6.10 Å². The van der Waals surface area contributed by atoms with Crippen molar-refractivity contribution in [2.24, 2.45) is 0 Å². The van der Waals surface area contributed by atoms with Crippen molar-refractivity contribution in [3.05, 3.63) is 30.1 Å². The first-order chi connectivity index (χ1) is 10.3. The van der Waals surface area contributed by atoms with Gasteiger partial charge in [-0.1, -0.05) is 12.1 Å². The van der Waals surface area contributed by atoms with Crippen LogP contribution < -0.4 is 10.1 Å². The summed E-state index contributed by atoms with van der Waals surface area (Å²) in [5.41, 5.74) is 0. The molecule has 0 radical (unpaired) electrons. The van der Waals surface area contributed by atoms with E-state index in [0.29, 0.717) is 0 Å².